The number of benzene rings is 2. The van der Waals surface area contributed by atoms with Crippen LogP contribution >= 0.6 is 0 Å². The van der Waals surface area contributed by atoms with Gasteiger partial charge in [0.2, 0.25) is 5.82 Å². The average molecular weight is 351 g/mol. The lowest BCUT2D eigenvalue weighted by atomic mass is 10.1. The maximum Gasteiger partial charge on any atom is 0.258 e. The minimum atomic E-state index is 0.431. The van der Waals surface area contributed by atoms with E-state index in [1.54, 1.807) is 20.3 Å². The van der Waals surface area contributed by atoms with Gasteiger partial charge in [-0.2, -0.15) is 4.98 Å². The Balaban J connectivity index is 1.60. The lowest BCUT2D eigenvalue weighted by Crippen LogP contribution is -2.17. The first kappa shape index (κ1) is 16.4. The Morgan fingerprint density at radius 1 is 0.885 bits per heavy atom. The fourth-order valence-electron chi connectivity index (χ4n) is 3.19. The van der Waals surface area contributed by atoms with Crippen molar-refractivity contribution in [1.29, 1.82) is 0 Å². The van der Waals surface area contributed by atoms with E-state index in [4.69, 9.17) is 14.0 Å². The molecule has 0 unspecified atom stereocenters. The van der Waals surface area contributed by atoms with Crippen molar-refractivity contribution in [3.05, 3.63) is 42.5 Å². The van der Waals surface area contributed by atoms with Crippen LogP contribution in [0.5, 0.6) is 11.5 Å². The van der Waals surface area contributed by atoms with Crippen LogP contribution in [0.3, 0.4) is 0 Å². The second-order valence-corrected chi connectivity index (χ2v) is 6.27. The van der Waals surface area contributed by atoms with E-state index in [0.717, 1.165) is 24.2 Å². The highest BCUT2D eigenvalue weighted by molar-refractivity contribution is 5.64. The molecule has 6 heteroatoms. The van der Waals surface area contributed by atoms with E-state index < -0.39 is 0 Å². The summed E-state index contributed by atoms with van der Waals surface area (Å²) in [6, 6.07) is 13.8. The molecule has 0 amide bonds. The molecule has 0 bridgehead atoms. The molecule has 1 aromatic heterocycles. The summed E-state index contributed by atoms with van der Waals surface area (Å²) < 4.78 is 16.0. The lowest BCUT2D eigenvalue weighted by Gasteiger charge is -2.17. The van der Waals surface area contributed by atoms with Gasteiger partial charge < -0.3 is 18.9 Å². The third kappa shape index (κ3) is 3.22. The molecular weight excluding hydrogens is 330 g/mol. The summed E-state index contributed by atoms with van der Waals surface area (Å²) in [5, 5.41) is 4.12. The van der Waals surface area contributed by atoms with Crippen molar-refractivity contribution in [3.8, 4) is 34.3 Å². The molecule has 134 valence electrons. The zero-order valence-corrected chi connectivity index (χ0v) is 14.9. The Bertz CT molecular complexity index is 861. The van der Waals surface area contributed by atoms with Crippen molar-refractivity contribution in [3.63, 3.8) is 0 Å². The Kier molecular flexibility index (Phi) is 4.48. The Morgan fingerprint density at radius 2 is 1.54 bits per heavy atom. The van der Waals surface area contributed by atoms with Crippen molar-refractivity contribution < 1.29 is 14.0 Å². The normalized spacial score (nSPS) is 13.8. The van der Waals surface area contributed by atoms with Gasteiger partial charge in [0.25, 0.3) is 5.89 Å². The molecule has 1 fully saturated rings. The van der Waals surface area contributed by atoms with Crippen LogP contribution in [-0.4, -0.2) is 37.4 Å². The summed E-state index contributed by atoms with van der Waals surface area (Å²) in [5.74, 6) is 2.35. The van der Waals surface area contributed by atoms with Gasteiger partial charge in [-0.05, 0) is 49.2 Å². The zero-order chi connectivity index (χ0) is 17.9. The van der Waals surface area contributed by atoms with E-state index in [9.17, 15) is 0 Å². The summed E-state index contributed by atoms with van der Waals surface area (Å²) in [5.41, 5.74) is 2.93. The summed E-state index contributed by atoms with van der Waals surface area (Å²) in [7, 11) is 3.22. The van der Waals surface area contributed by atoms with Crippen LogP contribution in [0.25, 0.3) is 22.8 Å². The van der Waals surface area contributed by atoms with E-state index >= 15 is 0 Å². The first-order chi connectivity index (χ1) is 12.8. The third-order valence-electron chi connectivity index (χ3n) is 4.62. The number of methoxy groups -OCH3 is 2. The molecule has 3 aromatic rings. The van der Waals surface area contributed by atoms with Crippen LogP contribution in [0.4, 0.5) is 5.69 Å². The number of ether oxygens (including phenoxy) is 2. The summed E-state index contributed by atoms with van der Waals surface area (Å²) in [6.07, 6.45) is 2.53. The Hall–Kier alpha value is -3.02. The number of nitrogens with zero attached hydrogens (tertiary/aromatic N) is 3. The van der Waals surface area contributed by atoms with E-state index in [2.05, 4.69) is 27.2 Å². The van der Waals surface area contributed by atoms with Gasteiger partial charge in [0.05, 0.1) is 14.2 Å². The van der Waals surface area contributed by atoms with E-state index in [-0.39, 0.29) is 0 Å². The summed E-state index contributed by atoms with van der Waals surface area (Å²) >= 11 is 0. The molecule has 0 aliphatic carbocycles. The van der Waals surface area contributed by atoms with E-state index in [1.807, 2.05) is 24.3 Å². The largest absolute Gasteiger partial charge is 0.497 e. The van der Waals surface area contributed by atoms with Gasteiger partial charge in [-0.15, -0.1) is 0 Å². The van der Waals surface area contributed by atoms with Crippen LogP contribution in [0.15, 0.2) is 47.0 Å². The lowest BCUT2D eigenvalue weighted by molar-refractivity contribution is 0.393. The molecule has 4 rings (SSSR count). The van der Waals surface area contributed by atoms with E-state index in [1.165, 1.54) is 18.5 Å². The van der Waals surface area contributed by atoms with Crippen LogP contribution in [0.2, 0.25) is 0 Å². The second kappa shape index (κ2) is 7.07. The molecule has 2 aromatic carbocycles. The number of anilines is 1. The van der Waals surface area contributed by atoms with Crippen molar-refractivity contribution in [2.75, 3.05) is 32.2 Å². The van der Waals surface area contributed by atoms with Crippen molar-refractivity contribution >= 4 is 5.69 Å². The first-order valence-electron chi connectivity index (χ1n) is 8.69. The molecule has 1 aliphatic heterocycles. The molecule has 1 aliphatic rings. The maximum absolute atomic E-state index is 5.45. The summed E-state index contributed by atoms with van der Waals surface area (Å²) in [6.45, 7) is 2.26. The number of rotatable bonds is 5. The SMILES string of the molecule is COc1cc(OC)cc(-c2nc(-c3ccc(N4CCCC4)cc3)no2)c1. The van der Waals surface area contributed by atoms with Crippen LogP contribution < -0.4 is 14.4 Å². The van der Waals surface area contributed by atoms with Crippen LogP contribution in [0, 0.1) is 0 Å². The monoisotopic (exact) mass is 351 g/mol. The quantitative estimate of drug-likeness (QED) is 0.692. The molecule has 0 spiro atoms. The van der Waals surface area contributed by atoms with Gasteiger partial charge in [0, 0.05) is 36.0 Å². The number of aromatic nitrogens is 2. The highest BCUT2D eigenvalue weighted by atomic mass is 16.5. The molecule has 2 heterocycles. The maximum atomic E-state index is 5.45. The second-order valence-electron chi connectivity index (χ2n) is 6.27. The smallest absolute Gasteiger partial charge is 0.258 e. The van der Waals surface area contributed by atoms with Gasteiger partial charge in [0.1, 0.15) is 11.5 Å². The molecule has 0 saturated carbocycles. The van der Waals surface area contributed by atoms with Crippen molar-refractivity contribution in [2.24, 2.45) is 0 Å². The predicted octanol–water partition coefficient (Wildman–Crippen LogP) is 4.02. The Morgan fingerprint density at radius 3 is 2.15 bits per heavy atom. The topological polar surface area (TPSA) is 60.6 Å². The highest BCUT2D eigenvalue weighted by Gasteiger charge is 2.15. The van der Waals surface area contributed by atoms with Crippen LogP contribution in [0.1, 0.15) is 12.8 Å². The fourth-order valence-corrected chi connectivity index (χ4v) is 3.19. The standard InChI is InChI=1S/C20H21N3O3/c1-24-17-11-15(12-18(13-17)25-2)20-21-19(22-26-20)14-5-7-16(8-6-14)23-9-3-4-10-23/h5-8,11-13H,3-4,9-10H2,1-2H3. The summed E-state index contributed by atoms with van der Waals surface area (Å²) in [4.78, 5) is 6.92. The number of hydrogen-bond donors (Lipinski definition) is 0. The molecule has 0 radical (unpaired) electrons. The van der Waals surface area contributed by atoms with E-state index in [0.29, 0.717) is 23.2 Å². The first-order valence-corrected chi connectivity index (χ1v) is 8.69. The average Bonchev–Trinajstić information content (AvgIpc) is 3.40. The predicted molar refractivity (Wildman–Crippen MR) is 99.7 cm³/mol. The minimum absolute atomic E-state index is 0.431. The van der Waals surface area contributed by atoms with Gasteiger partial charge in [-0.25, -0.2) is 0 Å². The Labute approximate surface area is 152 Å². The third-order valence-corrected chi connectivity index (χ3v) is 4.62. The highest BCUT2D eigenvalue weighted by Crippen LogP contribution is 2.30. The number of hydrogen-bond acceptors (Lipinski definition) is 6. The van der Waals surface area contributed by atoms with Gasteiger partial charge >= 0.3 is 0 Å². The fraction of sp³-hybridized carbons (Fsp3) is 0.300. The molecule has 26 heavy (non-hydrogen) atoms. The molecule has 0 N–H and O–H groups in total. The van der Waals surface area contributed by atoms with Crippen molar-refractivity contribution in [2.45, 2.75) is 12.8 Å². The van der Waals surface area contributed by atoms with Crippen molar-refractivity contribution in [1.82, 2.24) is 10.1 Å². The molecular formula is C20H21N3O3. The molecule has 1 saturated heterocycles. The van der Waals surface area contributed by atoms with Crippen LogP contribution in [-0.2, 0) is 0 Å². The molecule has 6 nitrogen and oxygen atoms in total. The van der Waals surface area contributed by atoms with Gasteiger partial charge in [-0.3, -0.25) is 0 Å². The minimum Gasteiger partial charge on any atom is -0.497 e. The zero-order valence-electron chi connectivity index (χ0n) is 14.9. The molecule has 0 atom stereocenters. The van der Waals surface area contributed by atoms with Gasteiger partial charge in [0.15, 0.2) is 0 Å². The van der Waals surface area contributed by atoms with Gasteiger partial charge in [-0.1, -0.05) is 5.16 Å².